The van der Waals surface area contributed by atoms with Gasteiger partial charge < -0.3 is 5.32 Å². The summed E-state index contributed by atoms with van der Waals surface area (Å²) >= 11 is 0. The lowest BCUT2D eigenvalue weighted by atomic mass is 10.00. The van der Waals surface area contributed by atoms with Crippen LogP contribution in [0.25, 0.3) is 21.9 Å². The third-order valence-corrected chi connectivity index (χ3v) is 3.51. The fourth-order valence-corrected chi connectivity index (χ4v) is 2.42. The quantitative estimate of drug-likeness (QED) is 0.768. The zero-order chi connectivity index (χ0) is 13.8. The van der Waals surface area contributed by atoms with Gasteiger partial charge in [-0.25, -0.2) is 0 Å². The SMILES string of the molecule is CCNCc1ccc(-c2cncc3ccccc23)cc1. The van der Waals surface area contributed by atoms with Gasteiger partial charge in [0.05, 0.1) is 0 Å². The molecule has 0 spiro atoms. The molecule has 0 radical (unpaired) electrons. The third kappa shape index (κ3) is 2.56. The molecule has 0 aliphatic rings. The molecule has 2 aromatic carbocycles. The summed E-state index contributed by atoms with van der Waals surface area (Å²) in [5, 5.41) is 5.78. The molecule has 2 heteroatoms. The molecule has 3 rings (SSSR count). The fourth-order valence-electron chi connectivity index (χ4n) is 2.42. The first-order valence-corrected chi connectivity index (χ1v) is 7.01. The minimum atomic E-state index is 0.921. The van der Waals surface area contributed by atoms with Crippen molar-refractivity contribution >= 4 is 10.8 Å². The molecule has 0 aliphatic heterocycles. The molecule has 0 bridgehead atoms. The smallest absolute Gasteiger partial charge is 0.0352 e. The Labute approximate surface area is 119 Å². The monoisotopic (exact) mass is 262 g/mol. The molecule has 0 unspecified atom stereocenters. The molecular weight excluding hydrogens is 244 g/mol. The fraction of sp³-hybridized carbons (Fsp3) is 0.167. The van der Waals surface area contributed by atoms with Gasteiger partial charge >= 0.3 is 0 Å². The van der Waals surface area contributed by atoms with E-state index < -0.39 is 0 Å². The van der Waals surface area contributed by atoms with Crippen LogP contribution in [-0.2, 0) is 6.54 Å². The molecule has 0 atom stereocenters. The molecule has 1 aromatic heterocycles. The summed E-state index contributed by atoms with van der Waals surface area (Å²) < 4.78 is 0. The first-order chi connectivity index (χ1) is 9.88. The minimum absolute atomic E-state index is 0.921. The highest BCUT2D eigenvalue weighted by Crippen LogP contribution is 2.27. The van der Waals surface area contributed by atoms with E-state index in [0.29, 0.717) is 0 Å². The first kappa shape index (κ1) is 12.8. The lowest BCUT2D eigenvalue weighted by Crippen LogP contribution is -2.11. The van der Waals surface area contributed by atoms with E-state index in [2.05, 4.69) is 59.7 Å². The van der Waals surface area contributed by atoms with Crippen LogP contribution < -0.4 is 5.32 Å². The standard InChI is InChI=1S/C18H18N2/c1-2-19-11-14-7-9-15(10-8-14)18-13-20-12-16-5-3-4-6-17(16)18/h3-10,12-13,19H,2,11H2,1H3. The molecule has 0 saturated carbocycles. The highest BCUT2D eigenvalue weighted by molar-refractivity contribution is 5.95. The molecule has 0 saturated heterocycles. The maximum Gasteiger partial charge on any atom is 0.0352 e. The predicted octanol–water partition coefficient (Wildman–Crippen LogP) is 4.01. The number of aromatic nitrogens is 1. The molecule has 1 N–H and O–H groups in total. The van der Waals surface area contributed by atoms with Crippen LogP contribution in [0, 0.1) is 0 Å². The van der Waals surface area contributed by atoms with E-state index in [4.69, 9.17) is 0 Å². The van der Waals surface area contributed by atoms with Gasteiger partial charge in [0.1, 0.15) is 0 Å². The number of hydrogen-bond acceptors (Lipinski definition) is 2. The van der Waals surface area contributed by atoms with Gasteiger partial charge in [0.25, 0.3) is 0 Å². The Hall–Kier alpha value is -2.19. The van der Waals surface area contributed by atoms with Crippen LogP contribution in [0.5, 0.6) is 0 Å². The predicted molar refractivity (Wildman–Crippen MR) is 84.6 cm³/mol. The van der Waals surface area contributed by atoms with Crippen LogP contribution in [-0.4, -0.2) is 11.5 Å². The Morgan fingerprint density at radius 3 is 2.55 bits per heavy atom. The first-order valence-electron chi connectivity index (χ1n) is 7.01. The van der Waals surface area contributed by atoms with E-state index in [1.54, 1.807) is 0 Å². The van der Waals surface area contributed by atoms with Crippen molar-refractivity contribution in [3.8, 4) is 11.1 Å². The minimum Gasteiger partial charge on any atom is -0.313 e. The molecule has 0 fully saturated rings. The van der Waals surface area contributed by atoms with Gasteiger partial charge in [-0.15, -0.1) is 0 Å². The topological polar surface area (TPSA) is 24.9 Å². The molecule has 0 amide bonds. The molecule has 2 nitrogen and oxygen atoms in total. The average molecular weight is 262 g/mol. The Bertz CT molecular complexity index is 697. The van der Waals surface area contributed by atoms with E-state index in [9.17, 15) is 0 Å². The Balaban J connectivity index is 1.98. The van der Waals surface area contributed by atoms with Crippen molar-refractivity contribution in [3.05, 3.63) is 66.5 Å². The van der Waals surface area contributed by atoms with E-state index in [-0.39, 0.29) is 0 Å². The maximum atomic E-state index is 4.35. The van der Waals surface area contributed by atoms with E-state index in [1.165, 1.54) is 27.5 Å². The van der Waals surface area contributed by atoms with Crippen LogP contribution in [0.2, 0.25) is 0 Å². The summed E-state index contributed by atoms with van der Waals surface area (Å²) in [6.45, 7) is 4.04. The highest BCUT2D eigenvalue weighted by atomic mass is 14.8. The largest absolute Gasteiger partial charge is 0.313 e. The summed E-state index contributed by atoms with van der Waals surface area (Å²) in [5.41, 5.74) is 3.72. The number of benzene rings is 2. The second-order valence-corrected chi connectivity index (χ2v) is 4.89. The maximum absolute atomic E-state index is 4.35. The Morgan fingerprint density at radius 2 is 1.75 bits per heavy atom. The van der Waals surface area contributed by atoms with Crippen LogP contribution in [0.15, 0.2) is 60.9 Å². The molecule has 1 heterocycles. The molecule has 100 valence electrons. The van der Waals surface area contributed by atoms with Crippen molar-refractivity contribution in [1.82, 2.24) is 10.3 Å². The number of nitrogens with zero attached hydrogens (tertiary/aromatic N) is 1. The summed E-state index contributed by atoms with van der Waals surface area (Å²) in [5.74, 6) is 0. The normalized spacial score (nSPS) is 10.8. The third-order valence-electron chi connectivity index (χ3n) is 3.51. The molecular formula is C18H18N2. The molecule has 20 heavy (non-hydrogen) atoms. The van der Waals surface area contributed by atoms with Gasteiger partial charge in [-0.2, -0.15) is 0 Å². The van der Waals surface area contributed by atoms with Gasteiger partial charge in [-0.1, -0.05) is 55.5 Å². The number of fused-ring (bicyclic) bond motifs is 1. The van der Waals surface area contributed by atoms with Crippen molar-refractivity contribution in [2.45, 2.75) is 13.5 Å². The van der Waals surface area contributed by atoms with Crippen molar-refractivity contribution in [3.63, 3.8) is 0 Å². The van der Waals surface area contributed by atoms with Gasteiger partial charge in [-0.3, -0.25) is 4.98 Å². The second-order valence-electron chi connectivity index (χ2n) is 4.89. The summed E-state index contributed by atoms with van der Waals surface area (Å²) in [6.07, 6.45) is 3.86. The van der Waals surface area contributed by atoms with Gasteiger partial charge in [0.2, 0.25) is 0 Å². The lowest BCUT2D eigenvalue weighted by Gasteiger charge is -2.07. The Kier molecular flexibility index (Phi) is 3.75. The zero-order valence-electron chi connectivity index (χ0n) is 11.6. The average Bonchev–Trinajstić information content (AvgIpc) is 2.53. The molecule has 3 aromatic rings. The second kappa shape index (κ2) is 5.85. The van der Waals surface area contributed by atoms with Crippen LogP contribution in [0.4, 0.5) is 0 Å². The van der Waals surface area contributed by atoms with Gasteiger partial charge in [0, 0.05) is 29.9 Å². The van der Waals surface area contributed by atoms with E-state index in [1.807, 2.05) is 18.5 Å². The van der Waals surface area contributed by atoms with Crippen molar-refractivity contribution in [2.24, 2.45) is 0 Å². The number of rotatable bonds is 4. The molecule has 0 aliphatic carbocycles. The van der Waals surface area contributed by atoms with Crippen LogP contribution >= 0.6 is 0 Å². The number of hydrogen-bond donors (Lipinski definition) is 1. The van der Waals surface area contributed by atoms with E-state index >= 15 is 0 Å². The zero-order valence-corrected chi connectivity index (χ0v) is 11.6. The lowest BCUT2D eigenvalue weighted by molar-refractivity contribution is 0.727. The number of pyridine rings is 1. The van der Waals surface area contributed by atoms with Gasteiger partial charge in [0.15, 0.2) is 0 Å². The van der Waals surface area contributed by atoms with Crippen molar-refractivity contribution in [1.29, 1.82) is 0 Å². The van der Waals surface area contributed by atoms with Crippen LogP contribution in [0.3, 0.4) is 0 Å². The summed E-state index contributed by atoms with van der Waals surface area (Å²) in [6, 6.07) is 17.1. The van der Waals surface area contributed by atoms with Crippen molar-refractivity contribution < 1.29 is 0 Å². The van der Waals surface area contributed by atoms with E-state index in [0.717, 1.165) is 13.1 Å². The Morgan fingerprint density at radius 1 is 0.950 bits per heavy atom. The summed E-state index contributed by atoms with van der Waals surface area (Å²) in [4.78, 5) is 4.35. The van der Waals surface area contributed by atoms with Gasteiger partial charge in [-0.05, 0) is 23.1 Å². The van der Waals surface area contributed by atoms with Crippen LogP contribution in [0.1, 0.15) is 12.5 Å². The highest BCUT2D eigenvalue weighted by Gasteiger charge is 2.03. The summed E-state index contributed by atoms with van der Waals surface area (Å²) in [7, 11) is 0. The number of nitrogens with one attached hydrogen (secondary N) is 1. The van der Waals surface area contributed by atoms with Crippen molar-refractivity contribution in [2.75, 3.05) is 6.54 Å².